The van der Waals surface area contributed by atoms with E-state index >= 15 is 0 Å². The Balaban J connectivity index is 3.01. The summed E-state index contributed by atoms with van der Waals surface area (Å²) in [5.74, 6) is -0.751. The quantitative estimate of drug-likeness (QED) is 0.632. The van der Waals surface area contributed by atoms with Gasteiger partial charge in [0.15, 0.2) is 0 Å². The zero-order chi connectivity index (χ0) is 14.6. The normalized spacial score (nSPS) is 10.5. The Labute approximate surface area is 111 Å². The maximum atomic E-state index is 10.9. The van der Waals surface area contributed by atoms with Crippen molar-refractivity contribution in [2.75, 3.05) is 18.5 Å². The predicted octanol–water partition coefficient (Wildman–Crippen LogP) is 2.78. The van der Waals surface area contributed by atoms with E-state index in [0.29, 0.717) is 11.6 Å². The van der Waals surface area contributed by atoms with Crippen LogP contribution in [0, 0.1) is 16.0 Å². The van der Waals surface area contributed by atoms with E-state index in [1.807, 2.05) is 11.9 Å². The van der Waals surface area contributed by atoms with Crippen molar-refractivity contribution < 1.29 is 14.8 Å². The molecule has 0 amide bonds. The van der Waals surface area contributed by atoms with Crippen molar-refractivity contribution in [1.29, 1.82) is 0 Å². The van der Waals surface area contributed by atoms with Crippen molar-refractivity contribution in [2.45, 2.75) is 20.3 Å². The summed E-state index contributed by atoms with van der Waals surface area (Å²) in [7, 11) is 1.84. The smallest absolute Gasteiger partial charge is 0.342 e. The van der Waals surface area contributed by atoms with E-state index in [4.69, 9.17) is 5.11 Å². The number of hydrogen-bond acceptors (Lipinski definition) is 4. The first kappa shape index (κ1) is 14.9. The predicted molar refractivity (Wildman–Crippen MR) is 72.8 cm³/mol. The van der Waals surface area contributed by atoms with Crippen molar-refractivity contribution in [3.8, 4) is 0 Å². The number of hydrogen-bond donors (Lipinski definition) is 1. The van der Waals surface area contributed by atoms with Crippen LogP contribution in [0.15, 0.2) is 18.2 Å². The average molecular weight is 266 g/mol. The number of carboxylic acid groups (broad SMARTS) is 1. The number of carbonyl (C=O) groups is 1. The van der Waals surface area contributed by atoms with Crippen LogP contribution in [-0.2, 0) is 0 Å². The lowest BCUT2D eigenvalue weighted by molar-refractivity contribution is -0.385. The largest absolute Gasteiger partial charge is 0.477 e. The summed E-state index contributed by atoms with van der Waals surface area (Å²) < 4.78 is 0. The van der Waals surface area contributed by atoms with E-state index in [9.17, 15) is 14.9 Å². The summed E-state index contributed by atoms with van der Waals surface area (Å²) in [6, 6.07) is 4.18. The van der Waals surface area contributed by atoms with E-state index in [-0.39, 0.29) is 11.3 Å². The van der Waals surface area contributed by atoms with Crippen LogP contribution in [0.3, 0.4) is 0 Å². The third kappa shape index (κ3) is 3.94. The molecule has 6 heteroatoms. The fourth-order valence-electron chi connectivity index (χ4n) is 1.67. The molecule has 1 aromatic carbocycles. The van der Waals surface area contributed by atoms with Crippen molar-refractivity contribution in [2.24, 2.45) is 5.92 Å². The first-order chi connectivity index (χ1) is 8.82. The van der Waals surface area contributed by atoms with Gasteiger partial charge in [0.2, 0.25) is 0 Å². The number of nitro benzene ring substituents is 1. The minimum Gasteiger partial charge on any atom is -0.477 e. The summed E-state index contributed by atoms with van der Waals surface area (Å²) in [6.07, 6.45) is 0.963. The molecule has 1 aromatic rings. The van der Waals surface area contributed by atoms with Crippen molar-refractivity contribution in [3.63, 3.8) is 0 Å². The number of carboxylic acids is 1. The van der Waals surface area contributed by atoms with E-state index < -0.39 is 10.9 Å². The second kappa shape index (κ2) is 6.17. The van der Waals surface area contributed by atoms with Gasteiger partial charge in [0.25, 0.3) is 5.69 Å². The van der Waals surface area contributed by atoms with Crippen molar-refractivity contribution in [1.82, 2.24) is 0 Å². The molecule has 1 rings (SSSR count). The maximum Gasteiger partial charge on any atom is 0.342 e. The van der Waals surface area contributed by atoms with Crippen molar-refractivity contribution in [3.05, 3.63) is 33.9 Å². The number of nitro groups is 1. The van der Waals surface area contributed by atoms with Gasteiger partial charge in [0, 0.05) is 25.3 Å². The highest BCUT2D eigenvalue weighted by Crippen LogP contribution is 2.25. The van der Waals surface area contributed by atoms with Crippen LogP contribution in [0.25, 0.3) is 0 Å². The molecule has 0 aliphatic heterocycles. The Morgan fingerprint density at radius 3 is 2.58 bits per heavy atom. The molecule has 6 nitrogen and oxygen atoms in total. The zero-order valence-electron chi connectivity index (χ0n) is 11.3. The topological polar surface area (TPSA) is 83.7 Å². The Kier molecular flexibility index (Phi) is 4.86. The lowest BCUT2D eigenvalue weighted by Crippen LogP contribution is -2.20. The van der Waals surface area contributed by atoms with Gasteiger partial charge in [-0.15, -0.1) is 0 Å². The van der Waals surface area contributed by atoms with Crippen LogP contribution in [0.4, 0.5) is 11.4 Å². The van der Waals surface area contributed by atoms with Gasteiger partial charge in [-0.3, -0.25) is 10.1 Å². The first-order valence-electron chi connectivity index (χ1n) is 6.05. The summed E-state index contributed by atoms with van der Waals surface area (Å²) in [4.78, 5) is 23.0. The first-order valence-corrected chi connectivity index (χ1v) is 6.05. The minimum atomic E-state index is -1.29. The molecule has 0 aliphatic rings. The average Bonchev–Trinajstić information content (AvgIpc) is 2.34. The Hall–Kier alpha value is -2.11. The van der Waals surface area contributed by atoms with Crippen LogP contribution < -0.4 is 4.90 Å². The second-order valence-electron chi connectivity index (χ2n) is 4.87. The Morgan fingerprint density at radius 1 is 1.47 bits per heavy atom. The molecule has 0 saturated carbocycles. The van der Waals surface area contributed by atoms with Crippen LogP contribution in [0.1, 0.15) is 30.6 Å². The van der Waals surface area contributed by atoms with E-state index in [2.05, 4.69) is 13.8 Å². The molecular formula is C13H18N2O4. The highest BCUT2D eigenvalue weighted by Gasteiger charge is 2.20. The molecule has 0 bridgehead atoms. The molecule has 19 heavy (non-hydrogen) atoms. The van der Waals surface area contributed by atoms with Gasteiger partial charge in [-0.05, 0) is 24.5 Å². The van der Waals surface area contributed by atoms with E-state index in [0.717, 1.165) is 13.0 Å². The summed E-state index contributed by atoms with van der Waals surface area (Å²) in [6.45, 7) is 4.97. The molecule has 0 fully saturated rings. The second-order valence-corrected chi connectivity index (χ2v) is 4.87. The highest BCUT2D eigenvalue weighted by atomic mass is 16.6. The molecule has 0 atom stereocenters. The van der Waals surface area contributed by atoms with E-state index in [1.165, 1.54) is 12.1 Å². The van der Waals surface area contributed by atoms with Gasteiger partial charge in [-0.1, -0.05) is 13.8 Å². The number of benzene rings is 1. The molecule has 0 radical (unpaired) electrons. The van der Waals surface area contributed by atoms with Gasteiger partial charge in [0.1, 0.15) is 5.56 Å². The number of aromatic carboxylic acids is 1. The molecule has 0 unspecified atom stereocenters. The van der Waals surface area contributed by atoms with Gasteiger partial charge >= 0.3 is 5.97 Å². The lowest BCUT2D eigenvalue weighted by Gasteiger charge is -2.20. The highest BCUT2D eigenvalue weighted by molar-refractivity contribution is 5.93. The molecule has 0 saturated heterocycles. The summed E-state index contributed by atoms with van der Waals surface area (Å²) in [5, 5.41) is 19.8. The summed E-state index contributed by atoms with van der Waals surface area (Å²) >= 11 is 0. The monoisotopic (exact) mass is 266 g/mol. The molecule has 0 aliphatic carbocycles. The van der Waals surface area contributed by atoms with E-state index in [1.54, 1.807) is 6.07 Å². The van der Waals surface area contributed by atoms with Crippen LogP contribution in [-0.4, -0.2) is 29.6 Å². The SMILES string of the molecule is CC(C)CCN(C)c1ccc(C(=O)O)c([N+](=O)[O-])c1. The van der Waals surface area contributed by atoms with Gasteiger partial charge < -0.3 is 10.0 Å². The molecule has 0 spiro atoms. The van der Waals surface area contributed by atoms with Gasteiger partial charge in [0.05, 0.1) is 4.92 Å². The fraction of sp³-hybridized carbons (Fsp3) is 0.462. The van der Waals surface area contributed by atoms with Gasteiger partial charge in [-0.25, -0.2) is 4.79 Å². The number of anilines is 1. The molecule has 1 N–H and O–H groups in total. The molecule has 104 valence electrons. The minimum absolute atomic E-state index is 0.286. The zero-order valence-corrected chi connectivity index (χ0v) is 11.3. The van der Waals surface area contributed by atoms with Crippen LogP contribution in [0.5, 0.6) is 0 Å². The number of nitrogens with zero attached hydrogens (tertiary/aromatic N) is 2. The van der Waals surface area contributed by atoms with Crippen molar-refractivity contribution >= 4 is 17.3 Å². The van der Waals surface area contributed by atoms with Crippen LogP contribution in [0.2, 0.25) is 0 Å². The Bertz CT molecular complexity index is 486. The number of rotatable bonds is 6. The molecule has 0 heterocycles. The van der Waals surface area contributed by atoms with Crippen LogP contribution >= 0.6 is 0 Å². The summed E-state index contributed by atoms with van der Waals surface area (Å²) in [5.41, 5.74) is -0.00948. The molecular weight excluding hydrogens is 248 g/mol. The fourth-order valence-corrected chi connectivity index (χ4v) is 1.67. The molecule has 0 aromatic heterocycles. The third-order valence-electron chi connectivity index (χ3n) is 2.89. The Morgan fingerprint density at radius 2 is 2.11 bits per heavy atom. The maximum absolute atomic E-state index is 10.9. The van der Waals surface area contributed by atoms with Gasteiger partial charge in [-0.2, -0.15) is 0 Å². The third-order valence-corrected chi connectivity index (χ3v) is 2.89. The lowest BCUT2D eigenvalue weighted by atomic mass is 10.1. The standard InChI is InChI=1S/C13H18N2O4/c1-9(2)6-7-14(3)10-4-5-11(13(16)17)12(8-10)15(18)19/h4-5,8-9H,6-7H2,1-3H3,(H,16,17).